The van der Waals surface area contributed by atoms with Crippen LogP contribution in [0.25, 0.3) is 0 Å². The van der Waals surface area contributed by atoms with Crippen LogP contribution in [0.5, 0.6) is 0 Å². The van der Waals surface area contributed by atoms with Gasteiger partial charge in [-0.1, -0.05) is 0 Å². The lowest BCUT2D eigenvalue weighted by atomic mass is 10.1. The van der Waals surface area contributed by atoms with Crippen molar-refractivity contribution in [3.05, 3.63) is 47.7 Å². The second kappa shape index (κ2) is 7.82. The number of halogens is 3. The zero-order chi connectivity index (χ0) is 18.4. The number of anilines is 2. The number of alkyl halides is 3. The van der Waals surface area contributed by atoms with Crippen molar-refractivity contribution in [3.8, 4) is 0 Å². The van der Waals surface area contributed by atoms with Crippen molar-refractivity contribution in [3.63, 3.8) is 0 Å². The lowest BCUT2D eigenvalue weighted by molar-refractivity contribution is -0.137. The van der Waals surface area contributed by atoms with Gasteiger partial charge < -0.3 is 15.5 Å². The molecule has 0 spiro atoms. The molecule has 2 N–H and O–H groups in total. The Kier molecular flexibility index (Phi) is 5.79. The molecular weight excluding hydrogens is 335 g/mol. The molecule has 6 nitrogen and oxygen atoms in total. The van der Waals surface area contributed by atoms with Crippen molar-refractivity contribution >= 4 is 17.4 Å². The van der Waals surface area contributed by atoms with E-state index in [2.05, 4.69) is 20.8 Å². The Labute approximate surface area is 143 Å². The van der Waals surface area contributed by atoms with Gasteiger partial charge in [0.2, 0.25) is 0 Å². The van der Waals surface area contributed by atoms with Gasteiger partial charge in [-0.15, -0.1) is 5.10 Å². The predicted octanol–water partition coefficient (Wildman–Crippen LogP) is 2.40. The Morgan fingerprint density at radius 1 is 1.16 bits per heavy atom. The van der Waals surface area contributed by atoms with Crippen molar-refractivity contribution in [2.24, 2.45) is 0 Å². The maximum absolute atomic E-state index is 12.5. The molecule has 0 aliphatic heterocycles. The highest BCUT2D eigenvalue weighted by Gasteiger charge is 2.30. The van der Waals surface area contributed by atoms with Crippen LogP contribution in [0.1, 0.15) is 15.9 Å². The monoisotopic (exact) mass is 353 g/mol. The summed E-state index contributed by atoms with van der Waals surface area (Å²) in [7, 11) is 3.76. The molecule has 0 unspecified atom stereocenters. The smallest absolute Gasteiger partial charge is 0.376 e. The zero-order valence-electron chi connectivity index (χ0n) is 13.8. The third-order valence-corrected chi connectivity index (χ3v) is 3.35. The number of carbonyl (C=O) groups excluding carboxylic acids is 1. The van der Waals surface area contributed by atoms with Gasteiger partial charge in [0.05, 0.1) is 17.4 Å². The molecule has 0 radical (unpaired) electrons. The van der Waals surface area contributed by atoms with E-state index in [1.54, 1.807) is 6.20 Å². The van der Waals surface area contributed by atoms with Crippen LogP contribution in [-0.4, -0.2) is 43.3 Å². The van der Waals surface area contributed by atoms with E-state index in [0.717, 1.165) is 30.0 Å². The summed E-state index contributed by atoms with van der Waals surface area (Å²) >= 11 is 0. The van der Waals surface area contributed by atoms with Gasteiger partial charge >= 0.3 is 6.18 Å². The van der Waals surface area contributed by atoms with E-state index in [4.69, 9.17) is 0 Å². The van der Waals surface area contributed by atoms with E-state index in [1.807, 2.05) is 25.1 Å². The molecule has 0 saturated carbocycles. The summed E-state index contributed by atoms with van der Waals surface area (Å²) < 4.78 is 37.5. The standard InChI is InChI=1S/C16H18F3N5O/c1-24(2)13-9-14(23-22-10-13)20-7-8-21-15(25)11-3-5-12(6-4-11)16(17,18)19/h3-6,9-10H,7-8H2,1-2H3,(H,20,23)(H,21,25). The van der Waals surface area contributed by atoms with E-state index in [-0.39, 0.29) is 12.1 Å². The molecule has 2 rings (SSSR count). The first-order valence-corrected chi connectivity index (χ1v) is 7.47. The highest BCUT2D eigenvalue weighted by Crippen LogP contribution is 2.29. The molecule has 134 valence electrons. The van der Waals surface area contributed by atoms with Crippen LogP contribution in [0.3, 0.4) is 0 Å². The summed E-state index contributed by atoms with van der Waals surface area (Å²) in [4.78, 5) is 13.8. The lowest BCUT2D eigenvalue weighted by Crippen LogP contribution is -2.29. The van der Waals surface area contributed by atoms with Crippen LogP contribution in [0.15, 0.2) is 36.5 Å². The second-order valence-electron chi connectivity index (χ2n) is 5.45. The van der Waals surface area contributed by atoms with Crippen LogP contribution >= 0.6 is 0 Å². The van der Waals surface area contributed by atoms with Crippen LogP contribution in [0.4, 0.5) is 24.7 Å². The molecule has 1 aromatic carbocycles. The first-order valence-electron chi connectivity index (χ1n) is 7.47. The first kappa shape index (κ1) is 18.5. The van der Waals surface area contributed by atoms with E-state index in [9.17, 15) is 18.0 Å². The number of hydrogen-bond acceptors (Lipinski definition) is 5. The molecule has 1 heterocycles. The molecular formula is C16H18F3N5O. The quantitative estimate of drug-likeness (QED) is 0.781. The molecule has 25 heavy (non-hydrogen) atoms. The highest BCUT2D eigenvalue weighted by atomic mass is 19.4. The summed E-state index contributed by atoms with van der Waals surface area (Å²) in [6.45, 7) is 0.686. The fourth-order valence-corrected chi connectivity index (χ4v) is 1.97. The van der Waals surface area contributed by atoms with Gasteiger partial charge in [0.1, 0.15) is 0 Å². The van der Waals surface area contributed by atoms with Crippen molar-refractivity contribution in [2.75, 3.05) is 37.4 Å². The Morgan fingerprint density at radius 2 is 1.84 bits per heavy atom. The molecule has 1 amide bonds. The van der Waals surface area contributed by atoms with Crippen molar-refractivity contribution in [1.82, 2.24) is 15.5 Å². The van der Waals surface area contributed by atoms with Crippen LogP contribution < -0.4 is 15.5 Å². The fraction of sp³-hybridized carbons (Fsp3) is 0.312. The fourth-order valence-electron chi connectivity index (χ4n) is 1.97. The number of nitrogens with zero attached hydrogens (tertiary/aromatic N) is 3. The third kappa shape index (κ3) is 5.33. The minimum atomic E-state index is -4.42. The second-order valence-corrected chi connectivity index (χ2v) is 5.45. The number of nitrogens with one attached hydrogen (secondary N) is 2. The minimum absolute atomic E-state index is 0.169. The number of benzene rings is 1. The molecule has 2 aromatic rings. The average molecular weight is 353 g/mol. The van der Waals surface area contributed by atoms with E-state index in [0.29, 0.717) is 12.4 Å². The van der Waals surface area contributed by atoms with Gasteiger partial charge in [-0.25, -0.2) is 0 Å². The van der Waals surface area contributed by atoms with E-state index in [1.165, 1.54) is 0 Å². The van der Waals surface area contributed by atoms with Crippen molar-refractivity contribution < 1.29 is 18.0 Å². The van der Waals surface area contributed by atoms with Crippen LogP contribution in [0.2, 0.25) is 0 Å². The molecule has 1 aromatic heterocycles. The number of rotatable bonds is 6. The Hall–Kier alpha value is -2.84. The van der Waals surface area contributed by atoms with Gasteiger partial charge in [0, 0.05) is 38.8 Å². The third-order valence-electron chi connectivity index (χ3n) is 3.35. The summed E-state index contributed by atoms with van der Waals surface area (Å²) in [5, 5.41) is 13.4. The topological polar surface area (TPSA) is 70.2 Å². The molecule has 0 saturated heterocycles. The largest absolute Gasteiger partial charge is 0.416 e. The van der Waals surface area contributed by atoms with Crippen LogP contribution in [-0.2, 0) is 6.18 Å². The average Bonchev–Trinajstić information content (AvgIpc) is 2.58. The van der Waals surface area contributed by atoms with E-state index >= 15 is 0 Å². The normalized spacial score (nSPS) is 11.1. The summed E-state index contributed by atoms with van der Waals surface area (Å²) in [6, 6.07) is 5.88. The van der Waals surface area contributed by atoms with Crippen molar-refractivity contribution in [2.45, 2.75) is 6.18 Å². The first-order chi connectivity index (χ1) is 11.8. The van der Waals surface area contributed by atoms with Gasteiger partial charge in [0.25, 0.3) is 5.91 Å². The van der Waals surface area contributed by atoms with Crippen LogP contribution in [0, 0.1) is 0 Å². The van der Waals surface area contributed by atoms with E-state index < -0.39 is 17.6 Å². The molecule has 0 atom stereocenters. The molecule has 0 aliphatic rings. The summed E-state index contributed by atoms with van der Waals surface area (Å²) in [6.07, 6.45) is -2.79. The summed E-state index contributed by atoms with van der Waals surface area (Å²) in [5.41, 5.74) is 0.263. The van der Waals surface area contributed by atoms with Gasteiger partial charge in [-0.05, 0) is 24.3 Å². The highest BCUT2D eigenvalue weighted by molar-refractivity contribution is 5.94. The SMILES string of the molecule is CN(C)c1cnnc(NCCNC(=O)c2ccc(C(F)(F)F)cc2)c1. The van der Waals surface area contributed by atoms with Gasteiger partial charge in [-0.2, -0.15) is 18.3 Å². The number of hydrogen-bond donors (Lipinski definition) is 2. The Bertz CT molecular complexity index is 716. The lowest BCUT2D eigenvalue weighted by Gasteiger charge is -2.13. The maximum atomic E-state index is 12.5. The molecule has 0 fully saturated rings. The molecule has 9 heteroatoms. The minimum Gasteiger partial charge on any atom is -0.376 e. The maximum Gasteiger partial charge on any atom is 0.416 e. The Morgan fingerprint density at radius 3 is 2.44 bits per heavy atom. The number of aromatic nitrogens is 2. The molecule has 0 aliphatic carbocycles. The van der Waals surface area contributed by atoms with Crippen molar-refractivity contribution in [1.29, 1.82) is 0 Å². The summed E-state index contributed by atoms with van der Waals surface area (Å²) in [5.74, 6) is 0.124. The predicted molar refractivity (Wildman–Crippen MR) is 88.6 cm³/mol. The van der Waals surface area contributed by atoms with Gasteiger partial charge in [-0.3, -0.25) is 4.79 Å². The Balaban J connectivity index is 1.81. The number of carbonyl (C=O) groups is 1. The zero-order valence-corrected chi connectivity index (χ0v) is 13.8. The van der Waals surface area contributed by atoms with Gasteiger partial charge in [0.15, 0.2) is 5.82 Å². The molecule has 0 bridgehead atoms. The number of amides is 1.